The molecule has 2 N–H and O–H groups in total. The third-order valence-electron chi connectivity index (χ3n) is 5.10. The number of carboxylic acids is 1. The molecule has 5 heteroatoms. The molecule has 1 fully saturated rings. The predicted molar refractivity (Wildman–Crippen MR) is 105 cm³/mol. The highest BCUT2D eigenvalue weighted by Crippen LogP contribution is 2.40. The molecule has 0 unspecified atom stereocenters. The Morgan fingerprint density at radius 3 is 2.85 bits per heavy atom. The van der Waals surface area contributed by atoms with E-state index in [0.29, 0.717) is 23.6 Å². The molecule has 1 aliphatic carbocycles. The highest BCUT2D eigenvalue weighted by molar-refractivity contribution is 5.90. The number of aromatic nitrogens is 2. The Labute approximate surface area is 157 Å². The smallest absolute Gasteiger partial charge is 0.337 e. The van der Waals surface area contributed by atoms with Crippen molar-refractivity contribution in [2.24, 2.45) is 7.05 Å². The maximum Gasteiger partial charge on any atom is 0.337 e. The summed E-state index contributed by atoms with van der Waals surface area (Å²) in [7, 11) is 1.99. The van der Waals surface area contributed by atoms with Crippen molar-refractivity contribution in [3.8, 4) is 0 Å². The van der Waals surface area contributed by atoms with Crippen LogP contribution in [0.1, 0.15) is 51.5 Å². The molecule has 0 bridgehead atoms. The lowest BCUT2D eigenvalue weighted by molar-refractivity contribution is 0.0695. The fourth-order valence-corrected chi connectivity index (χ4v) is 3.62. The summed E-state index contributed by atoms with van der Waals surface area (Å²) in [6.45, 7) is -0.0243. The average Bonchev–Trinajstić information content (AvgIpc) is 3.43. The van der Waals surface area contributed by atoms with Gasteiger partial charge in [-0.3, -0.25) is 4.98 Å². The van der Waals surface area contributed by atoms with E-state index in [1.54, 1.807) is 12.1 Å². The van der Waals surface area contributed by atoms with Gasteiger partial charge in [0.1, 0.15) is 0 Å². The first-order valence-corrected chi connectivity index (χ1v) is 9.14. The summed E-state index contributed by atoms with van der Waals surface area (Å²) in [6.07, 6.45) is 10.1. The summed E-state index contributed by atoms with van der Waals surface area (Å²) < 4.78 is 2.04. The molecule has 0 aliphatic heterocycles. The fraction of sp³-hybridized carbons (Fsp3) is 0.273. The number of aryl methyl sites for hydroxylation is 1. The molecule has 1 aliphatic rings. The molecule has 0 amide bonds. The Hall–Kier alpha value is -2.92. The Morgan fingerprint density at radius 2 is 2.15 bits per heavy atom. The monoisotopic (exact) mass is 362 g/mol. The number of rotatable bonds is 6. The predicted octanol–water partition coefficient (Wildman–Crippen LogP) is 3.75. The van der Waals surface area contributed by atoms with Crippen molar-refractivity contribution in [1.29, 1.82) is 0 Å². The van der Waals surface area contributed by atoms with Crippen LogP contribution in [0.4, 0.5) is 0 Å². The number of carboxylic acid groups (broad SMARTS) is 1. The van der Waals surface area contributed by atoms with E-state index in [2.05, 4.69) is 11.1 Å². The van der Waals surface area contributed by atoms with Crippen molar-refractivity contribution in [3.05, 3.63) is 70.7 Å². The molecule has 3 aromatic rings. The minimum atomic E-state index is -0.929. The van der Waals surface area contributed by atoms with Crippen LogP contribution in [0.25, 0.3) is 17.0 Å². The van der Waals surface area contributed by atoms with Crippen molar-refractivity contribution in [2.75, 3.05) is 6.61 Å². The molecule has 0 spiro atoms. The number of aliphatic hydroxyl groups is 1. The molecule has 2 aromatic heterocycles. The number of hydrogen-bond donors (Lipinski definition) is 2. The standard InChI is InChI=1S/C22H22N2O3/c1-24-7-6-17-10-14(9-16(21(17)24)3-2-8-25)11-20-19(22(26)27)12-18(13-23-20)15-4-5-15/h2-3,6-7,9-10,12-13,15,25H,4-5,8,11H2,1H3,(H,26,27)/b3-2+. The lowest BCUT2D eigenvalue weighted by Gasteiger charge is -2.10. The van der Waals surface area contributed by atoms with Gasteiger partial charge >= 0.3 is 5.97 Å². The zero-order chi connectivity index (χ0) is 19.0. The minimum absolute atomic E-state index is 0.0243. The molecule has 2 heterocycles. The second kappa shape index (κ2) is 7.00. The quantitative estimate of drug-likeness (QED) is 0.700. The van der Waals surface area contributed by atoms with Gasteiger partial charge < -0.3 is 14.8 Å². The summed E-state index contributed by atoms with van der Waals surface area (Å²) in [6, 6.07) is 7.94. The molecule has 0 saturated heterocycles. The zero-order valence-corrected chi connectivity index (χ0v) is 15.2. The first-order valence-electron chi connectivity index (χ1n) is 9.14. The van der Waals surface area contributed by atoms with Crippen LogP contribution in [0, 0.1) is 0 Å². The Morgan fingerprint density at radius 1 is 1.33 bits per heavy atom. The van der Waals surface area contributed by atoms with Crippen molar-refractivity contribution >= 4 is 22.9 Å². The maximum atomic E-state index is 11.7. The van der Waals surface area contributed by atoms with E-state index < -0.39 is 5.97 Å². The normalized spacial score (nSPS) is 14.3. The van der Waals surface area contributed by atoms with Gasteiger partial charge in [0.2, 0.25) is 0 Å². The molecular formula is C22H22N2O3. The van der Waals surface area contributed by atoms with E-state index in [1.807, 2.05) is 42.2 Å². The van der Waals surface area contributed by atoms with Gasteiger partial charge in [0, 0.05) is 31.2 Å². The second-order valence-corrected chi connectivity index (χ2v) is 7.15. The molecule has 138 valence electrons. The summed E-state index contributed by atoms with van der Waals surface area (Å²) in [4.78, 5) is 16.2. The van der Waals surface area contributed by atoms with E-state index >= 15 is 0 Å². The van der Waals surface area contributed by atoms with Gasteiger partial charge in [-0.25, -0.2) is 4.79 Å². The highest BCUT2D eigenvalue weighted by Gasteiger charge is 2.26. The number of nitrogens with zero attached hydrogens (tertiary/aromatic N) is 2. The Balaban J connectivity index is 1.75. The van der Waals surface area contributed by atoms with Crippen LogP contribution >= 0.6 is 0 Å². The fourth-order valence-electron chi connectivity index (χ4n) is 3.62. The molecule has 27 heavy (non-hydrogen) atoms. The number of pyridine rings is 1. The largest absolute Gasteiger partial charge is 0.478 e. The minimum Gasteiger partial charge on any atom is -0.478 e. The molecule has 0 radical (unpaired) electrons. The van der Waals surface area contributed by atoms with Gasteiger partial charge in [0.15, 0.2) is 0 Å². The van der Waals surface area contributed by atoms with Crippen molar-refractivity contribution in [3.63, 3.8) is 0 Å². The number of benzene rings is 1. The maximum absolute atomic E-state index is 11.7. The van der Waals surface area contributed by atoms with E-state index in [1.165, 1.54) is 0 Å². The highest BCUT2D eigenvalue weighted by atomic mass is 16.4. The van der Waals surface area contributed by atoms with Crippen LogP contribution in [0.5, 0.6) is 0 Å². The van der Waals surface area contributed by atoms with E-state index in [0.717, 1.165) is 40.4 Å². The Kier molecular flexibility index (Phi) is 4.54. The van der Waals surface area contributed by atoms with E-state index in [-0.39, 0.29) is 6.61 Å². The molecular weight excluding hydrogens is 340 g/mol. The number of hydrogen-bond acceptors (Lipinski definition) is 3. The van der Waals surface area contributed by atoms with Gasteiger partial charge in [-0.05, 0) is 59.7 Å². The van der Waals surface area contributed by atoms with Crippen molar-refractivity contribution in [1.82, 2.24) is 9.55 Å². The lowest BCUT2D eigenvalue weighted by atomic mass is 9.99. The van der Waals surface area contributed by atoms with Crippen LogP contribution in [0.3, 0.4) is 0 Å². The number of aliphatic hydroxyl groups excluding tert-OH is 1. The average molecular weight is 362 g/mol. The number of aromatic carboxylic acids is 1. The van der Waals surface area contributed by atoms with E-state index in [9.17, 15) is 9.90 Å². The number of fused-ring (bicyclic) bond motifs is 1. The van der Waals surface area contributed by atoms with Gasteiger partial charge in [-0.15, -0.1) is 0 Å². The summed E-state index contributed by atoms with van der Waals surface area (Å²) in [5.41, 5.74) is 4.98. The lowest BCUT2D eigenvalue weighted by Crippen LogP contribution is -2.07. The molecule has 1 aromatic carbocycles. The molecule has 4 rings (SSSR count). The van der Waals surface area contributed by atoms with Crippen molar-refractivity contribution in [2.45, 2.75) is 25.2 Å². The molecule has 1 saturated carbocycles. The van der Waals surface area contributed by atoms with Gasteiger partial charge in [-0.1, -0.05) is 12.2 Å². The zero-order valence-electron chi connectivity index (χ0n) is 15.2. The van der Waals surface area contributed by atoms with Crippen LogP contribution in [0.15, 0.2) is 42.7 Å². The summed E-state index contributed by atoms with van der Waals surface area (Å²) >= 11 is 0. The first kappa shape index (κ1) is 17.5. The second-order valence-electron chi connectivity index (χ2n) is 7.15. The third kappa shape index (κ3) is 3.51. The van der Waals surface area contributed by atoms with Crippen LogP contribution in [0.2, 0.25) is 0 Å². The Bertz CT molecular complexity index is 1050. The van der Waals surface area contributed by atoms with Crippen molar-refractivity contribution < 1.29 is 15.0 Å². The van der Waals surface area contributed by atoms with Crippen LogP contribution < -0.4 is 0 Å². The van der Waals surface area contributed by atoms with Crippen LogP contribution in [-0.4, -0.2) is 32.3 Å². The summed E-state index contributed by atoms with van der Waals surface area (Å²) in [5, 5.41) is 19.8. The van der Waals surface area contributed by atoms with E-state index in [4.69, 9.17) is 5.11 Å². The summed E-state index contributed by atoms with van der Waals surface area (Å²) in [5.74, 6) is -0.457. The molecule has 5 nitrogen and oxygen atoms in total. The first-order chi connectivity index (χ1) is 13.1. The van der Waals surface area contributed by atoms with Gasteiger partial charge in [-0.2, -0.15) is 0 Å². The SMILES string of the molecule is Cn1ccc2cc(Cc3ncc(C4CC4)cc3C(=O)O)cc(/C=C/CO)c21. The topological polar surface area (TPSA) is 75.4 Å². The number of carbonyl (C=O) groups is 1. The van der Waals surface area contributed by atoms with Gasteiger partial charge in [0.25, 0.3) is 0 Å². The van der Waals surface area contributed by atoms with Crippen LogP contribution in [-0.2, 0) is 13.5 Å². The van der Waals surface area contributed by atoms with Gasteiger partial charge in [0.05, 0.1) is 23.4 Å². The third-order valence-corrected chi connectivity index (χ3v) is 5.10. The molecule has 0 atom stereocenters.